The number of amides is 2. The van der Waals surface area contributed by atoms with Gasteiger partial charge in [-0.05, 0) is 25.5 Å². The summed E-state index contributed by atoms with van der Waals surface area (Å²) in [4.78, 5) is 26.7. The standard InChI is InChI=1S/C15H20N2O4/c1-3-16(12-7-5-4-6-10(12)2)15(21)17-9-11(18)8-13(17)14(19)20/h4-7,11,13,18H,3,8-9H2,1-2H3,(H,19,20). The SMILES string of the molecule is CCN(C(=O)N1CC(O)CC1C(=O)O)c1ccccc1C. The summed E-state index contributed by atoms with van der Waals surface area (Å²) in [7, 11) is 0. The number of benzene rings is 1. The number of urea groups is 1. The maximum Gasteiger partial charge on any atom is 0.326 e. The maximum atomic E-state index is 12.7. The third kappa shape index (κ3) is 3.00. The molecule has 1 fully saturated rings. The second-order valence-electron chi connectivity index (χ2n) is 5.21. The van der Waals surface area contributed by atoms with E-state index in [0.717, 1.165) is 11.3 Å². The molecule has 1 heterocycles. The van der Waals surface area contributed by atoms with Gasteiger partial charge in [-0.25, -0.2) is 9.59 Å². The fourth-order valence-corrected chi connectivity index (χ4v) is 2.69. The number of aliphatic carboxylic acids is 1. The first-order valence-electron chi connectivity index (χ1n) is 7.00. The average molecular weight is 292 g/mol. The molecule has 6 heteroatoms. The minimum Gasteiger partial charge on any atom is -0.480 e. The van der Waals surface area contributed by atoms with E-state index < -0.39 is 18.1 Å². The van der Waals surface area contributed by atoms with E-state index in [1.807, 2.05) is 38.1 Å². The van der Waals surface area contributed by atoms with Crippen LogP contribution in [0.1, 0.15) is 18.9 Å². The van der Waals surface area contributed by atoms with Crippen LogP contribution in [0.15, 0.2) is 24.3 Å². The van der Waals surface area contributed by atoms with Gasteiger partial charge in [0.25, 0.3) is 0 Å². The van der Waals surface area contributed by atoms with E-state index in [1.165, 1.54) is 4.90 Å². The van der Waals surface area contributed by atoms with Crippen molar-refractivity contribution in [1.29, 1.82) is 0 Å². The predicted molar refractivity (Wildman–Crippen MR) is 78.3 cm³/mol. The van der Waals surface area contributed by atoms with E-state index in [-0.39, 0.29) is 19.0 Å². The molecule has 0 saturated carbocycles. The Labute approximate surface area is 123 Å². The summed E-state index contributed by atoms with van der Waals surface area (Å²) in [6.45, 7) is 4.23. The number of hydrogen-bond donors (Lipinski definition) is 2. The number of carboxylic acid groups (broad SMARTS) is 1. The maximum absolute atomic E-state index is 12.7. The number of hydrogen-bond acceptors (Lipinski definition) is 3. The molecule has 2 amide bonds. The Balaban J connectivity index is 2.28. The van der Waals surface area contributed by atoms with E-state index in [9.17, 15) is 19.8 Å². The number of anilines is 1. The summed E-state index contributed by atoms with van der Waals surface area (Å²) in [5.74, 6) is -1.08. The molecule has 0 aromatic heterocycles. The summed E-state index contributed by atoms with van der Waals surface area (Å²) >= 11 is 0. The molecule has 1 aliphatic heterocycles. The van der Waals surface area contributed by atoms with Gasteiger partial charge in [-0.1, -0.05) is 18.2 Å². The first-order chi connectivity index (χ1) is 9.95. The van der Waals surface area contributed by atoms with Crippen LogP contribution in [0.3, 0.4) is 0 Å². The summed E-state index contributed by atoms with van der Waals surface area (Å²) in [5.41, 5.74) is 1.70. The molecule has 21 heavy (non-hydrogen) atoms. The number of aliphatic hydroxyl groups is 1. The summed E-state index contributed by atoms with van der Waals surface area (Å²) in [6.07, 6.45) is -0.711. The quantitative estimate of drug-likeness (QED) is 0.883. The van der Waals surface area contributed by atoms with E-state index >= 15 is 0 Å². The van der Waals surface area contributed by atoms with Crippen molar-refractivity contribution in [3.05, 3.63) is 29.8 Å². The third-order valence-electron chi connectivity index (χ3n) is 3.76. The third-order valence-corrected chi connectivity index (χ3v) is 3.76. The molecule has 6 nitrogen and oxygen atoms in total. The molecule has 0 bridgehead atoms. The molecule has 2 rings (SSSR count). The van der Waals surface area contributed by atoms with Gasteiger partial charge in [0.2, 0.25) is 0 Å². The van der Waals surface area contributed by atoms with Gasteiger partial charge in [-0.15, -0.1) is 0 Å². The van der Waals surface area contributed by atoms with E-state index in [4.69, 9.17) is 0 Å². The van der Waals surface area contributed by atoms with Crippen molar-refractivity contribution in [3.8, 4) is 0 Å². The molecule has 1 aliphatic rings. The Bertz CT molecular complexity index is 546. The van der Waals surface area contributed by atoms with Crippen LogP contribution in [0.2, 0.25) is 0 Å². The lowest BCUT2D eigenvalue weighted by Gasteiger charge is -2.30. The number of likely N-dealkylation sites (tertiary alicyclic amines) is 1. The minimum atomic E-state index is -1.08. The number of carbonyl (C=O) groups is 2. The average Bonchev–Trinajstić information content (AvgIpc) is 2.84. The number of nitrogens with zero attached hydrogens (tertiary/aromatic N) is 2. The molecule has 1 saturated heterocycles. The van der Waals surface area contributed by atoms with Gasteiger partial charge in [0.15, 0.2) is 0 Å². The molecule has 0 aliphatic carbocycles. The molecule has 1 aromatic rings. The topological polar surface area (TPSA) is 81.1 Å². The summed E-state index contributed by atoms with van der Waals surface area (Å²) in [6, 6.07) is 6.11. The molecule has 0 spiro atoms. The van der Waals surface area contributed by atoms with Crippen molar-refractivity contribution in [2.24, 2.45) is 0 Å². The zero-order valence-corrected chi connectivity index (χ0v) is 12.2. The van der Waals surface area contributed by atoms with Gasteiger partial charge in [0.05, 0.1) is 6.10 Å². The zero-order chi connectivity index (χ0) is 15.6. The lowest BCUT2D eigenvalue weighted by atomic mass is 10.2. The Kier molecular flexibility index (Phi) is 4.47. The van der Waals surface area contributed by atoms with Gasteiger partial charge in [0, 0.05) is 25.2 Å². The number of aryl methyl sites for hydroxylation is 1. The normalized spacial score (nSPS) is 21.4. The number of carbonyl (C=O) groups excluding carboxylic acids is 1. The second kappa shape index (κ2) is 6.13. The lowest BCUT2D eigenvalue weighted by Crippen LogP contribution is -2.48. The van der Waals surface area contributed by atoms with Crippen molar-refractivity contribution in [1.82, 2.24) is 4.90 Å². The van der Waals surface area contributed by atoms with Crippen LogP contribution in [-0.2, 0) is 4.79 Å². The van der Waals surface area contributed by atoms with Crippen molar-refractivity contribution in [3.63, 3.8) is 0 Å². The van der Waals surface area contributed by atoms with Crippen LogP contribution in [0.25, 0.3) is 0 Å². The molecule has 2 atom stereocenters. The van der Waals surface area contributed by atoms with Gasteiger partial charge < -0.3 is 15.1 Å². The van der Waals surface area contributed by atoms with Crippen LogP contribution >= 0.6 is 0 Å². The summed E-state index contributed by atoms with van der Waals surface area (Å²) in [5, 5.41) is 18.9. The van der Waals surface area contributed by atoms with Gasteiger partial charge in [0.1, 0.15) is 6.04 Å². The minimum absolute atomic E-state index is 0.0538. The van der Waals surface area contributed by atoms with Crippen molar-refractivity contribution in [2.45, 2.75) is 32.4 Å². The number of carboxylic acids is 1. The first kappa shape index (κ1) is 15.3. The van der Waals surface area contributed by atoms with Crippen LogP contribution in [0.4, 0.5) is 10.5 Å². The highest BCUT2D eigenvalue weighted by atomic mass is 16.4. The Hall–Kier alpha value is -2.08. The van der Waals surface area contributed by atoms with Gasteiger partial charge in [-0.2, -0.15) is 0 Å². The number of β-amino-alcohol motifs (C(OH)–C–C–N with tert-alkyl or cyclic N) is 1. The van der Waals surface area contributed by atoms with Crippen molar-refractivity contribution >= 4 is 17.7 Å². The highest BCUT2D eigenvalue weighted by Gasteiger charge is 2.40. The van der Waals surface area contributed by atoms with Gasteiger partial charge in [-0.3, -0.25) is 4.90 Å². The second-order valence-corrected chi connectivity index (χ2v) is 5.21. The van der Waals surface area contributed by atoms with E-state index in [0.29, 0.717) is 6.54 Å². The molecule has 2 N–H and O–H groups in total. The number of rotatable bonds is 3. The highest BCUT2D eigenvalue weighted by molar-refractivity contribution is 5.95. The zero-order valence-electron chi connectivity index (χ0n) is 12.2. The number of para-hydroxylation sites is 1. The molecule has 0 radical (unpaired) electrons. The van der Waals surface area contributed by atoms with Crippen molar-refractivity contribution in [2.75, 3.05) is 18.0 Å². The molecule has 2 unspecified atom stereocenters. The van der Waals surface area contributed by atoms with E-state index in [1.54, 1.807) is 4.90 Å². The largest absolute Gasteiger partial charge is 0.480 e. The molecule has 114 valence electrons. The Morgan fingerprint density at radius 3 is 2.62 bits per heavy atom. The van der Waals surface area contributed by atoms with Crippen LogP contribution < -0.4 is 4.90 Å². The smallest absolute Gasteiger partial charge is 0.326 e. The Morgan fingerprint density at radius 1 is 1.38 bits per heavy atom. The van der Waals surface area contributed by atoms with Crippen LogP contribution in [0.5, 0.6) is 0 Å². The Morgan fingerprint density at radius 2 is 2.05 bits per heavy atom. The molecule has 1 aromatic carbocycles. The summed E-state index contributed by atoms with van der Waals surface area (Å²) < 4.78 is 0. The predicted octanol–water partition coefficient (Wildman–Crippen LogP) is 1.46. The fraction of sp³-hybridized carbons (Fsp3) is 0.467. The monoisotopic (exact) mass is 292 g/mol. The molecular formula is C15H20N2O4. The number of aliphatic hydroxyl groups excluding tert-OH is 1. The van der Waals surface area contributed by atoms with E-state index in [2.05, 4.69) is 0 Å². The first-order valence-corrected chi connectivity index (χ1v) is 7.00. The highest BCUT2D eigenvalue weighted by Crippen LogP contribution is 2.25. The van der Waals surface area contributed by atoms with Crippen LogP contribution in [-0.4, -0.2) is 52.3 Å². The lowest BCUT2D eigenvalue weighted by molar-refractivity contribution is -0.141. The molecular weight excluding hydrogens is 272 g/mol. The van der Waals surface area contributed by atoms with Gasteiger partial charge >= 0.3 is 12.0 Å². The van der Waals surface area contributed by atoms with Crippen molar-refractivity contribution < 1.29 is 19.8 Å². The fourth-order valence-electron chi connectivity index (χ4n) is 2.69. The van der Waals surface area contributed by atoms with Crippen LogP contribution in [0, 0.1) is 6.92 Å².